The van der Waals surface area contributed by atoms with Crippen molar-refractivity contribution in [1.82, 2.24) is 10.1 Å². The Labute approximate surface area is 215 Å². The van der Waals surface area contributed by atoms with Crippen LogP contribution in [0.25, 0.3) is 11.4 Å². The van der Waals surface area contributed by atoms with Gasteiger partial charge in [-0.15, -0.1) is 0 Å². The van der Waals surface area contributed by atoms with Crippen molar-refractivity contribution in [3.05, 3.63) is 58.6 Å². The highest BCUT2D eigenvalue weighted by molar-refractivity contribution is 6.04. The first kappa shape index (κ1) is 25.3. The van der Waals surface area contributed by atoms with E-state index in [1.165, 1.54) is 4.90 Å². The lowest BCUT2D eigenvalue weighted by Crippen LogP contribution is -2.55. The van der Waals surface area contributed by atoms with Gasteiger partial charge in [-0.2, -0.15) is 0 Å². The molecule has 2 saturated heterocycles. The van der Waals surface area contributed by atoms with Crippen LogP contribution in [0.15, 0.2) is 51.8 Å². The second-order valence-electron chi connectivity index (χ2n) is 8.81. The van der Waals surface area contributed by atoms with Gasteiger partial charge >= 0.3 is 5.76 Å². The second-order valence-corrected chi connectivity index (χ2v) is 8.81. The molecule has 198 valence electrons. The SMILES string of the molecule is Cc1cc(NC(=O)[C@H](O)[C@H]2OCCN(c3cccc(N4CCOCC4=O)c3)C2=O)ccc1-c1noc(=O)[nH]1. The van der Waals surface area contributed by atoms with Crippen LogP contribution in [-0.4, -0.2) is 78.1 Å². The van der Waals surface area contributed by atoms with Crippen LogP contribution in [0.1, 0.15) is 5.56 Å². The number of ether oxygens (including phenoxy) is 2. The summed E-state index contributed by atoms with van der Waals surface area (Å²) in [5, 5.41) is 17.0. The van der Waals surface area contributed by atoms with E-state index in [9.17, 15) is 24.3 Å². The normalized spacial score (nSPS) is 18.9. The lowest BCUT2D eigenvalue weighted by Gasteiger charge is -2.35. The lowest BCUT2D eigenvalue weighted by atomic mass is 10.1. The highest BCUT2D eigenvalue weighted by Crippen LogP contribution is 2.27. The Morgan fingerprint density at radius 2 is 1.87 bits per heavy atom. The molecule has 3 heterocycles. The number of aromatic nitrogens is 2. The molecule has 1 aromatic heterocycles. The maximum absolute atomic E-state index is 13.2. The summed E-state index contributed by atoms with van der Waals surface area (Å²) in [6, 6.07) is 11.7. The van der Waals surface area contributed by atoms with E-state index < -0.39 is 29.8 Å². The van der Waals surface area contributed by atoms with Crippen LogP contribution in [0.3, 0.4) is 0 Å². The minimum absolute atomic E-state index is 0.00786. The van der Waals surface area contributed by atoms with E-state index in [0.29, 0.717) is 41.3 Å². The number of aryl methyl sites for hydroxylation is 1. The fourth-order valence-electron chi connectivity index (χ4n) is 4.42. The van der Waals surface area contributed by atoms with Crippen molar-refractivity contribution in [2.45, 2.75) is 19.1 Å². The lowest BCUT2D eigenvalue weighted by molar-refractivity contribution is -0.150. The van der Waals surface area contributed by atoms with Gasteiger partial charge in [0.2, 0.25) is 0 Å². The van der Waals surface area contributed by atoms with Crippen LogP contribution in [-0.2, 0) is 23.9 Å². The number of aliphatic hydroxyl groups excluding tert-OH is 1. The highest BCUT2D eigenvalue weighted by atomic mass is 16.5. The van der Waals surface area contributed by atoms with Crippen molar-refractivity contribution in [3.63, 3.8) is 0 Å². The molecule has 0 saturated carbocycles. The minimum atomic E-state index is -1.78. The van der Waals surface area contributed by atoms with Gasteiger partial charge in [0.1, 0.15) is 6.61 Å². The fraction of sp³-hybridized carbons (Fsp3) is 0.320. The molecule has 2 aromatic carbocycles. The monoisotopic (exact) mass is 523 g/mol. The Bertz CT molecular complexity index is 1430. The maximum atomic E-state index is 13.2. The Morgan fingerprint density at radius 1 is 1.11 bits per heavy atom. The molecule has 2 fully saturated rings. The standard InChI is InChI=1S/C25H25N5O8/c1-14-11-15(5-6-18(14)22-27-25(35)38-28-22)26-23(33)20(32)21-24(34)30(8-10-37-21)17-4-2-3-16(12-17)29-7-9-36-13-19(29)31/h2-6,11-12,20-21,32H,7-10,13H2,1H3,(H,26,33)(H,27,28,35)/t20-,21-/m1/s1. The smallest absolute Gasteiger partial charge is 0.380 e. The third kappa shape index (κ3) is 5.07. The molecule has 0 spiro atoms. The molecule has 0 bridgehead atoms. The maximum Gasteiger partial charge on any atom is 0.439 e. The van der Waals surface area contributed by atoms with Crippen molar-refractivity contribution in [2.75, 3.05) is 48.0 Å². The van der Waals surface area contributed by atoms with Crippen LogP contribution in [0.5, 0.6) is 0 Å². The zero-order valence-electron chi connectivity index (χ0n) is 20.4. The van der Waals surface area contributed by atoms with E-state index >= 15 is 0 Å². The summed E-state index contributed by atoms with van der Waals surface area (Å²) < 4.78 is 15.2. The number of nitrogens with zero attached hydrogens (tertiary/aromatic N) is 3. The number of H-pyrrole nitrogens is 1. The third-order valence-corrected chi connectivity index (χ3v) is 6.31. The Kier molecular flexibility index (Phi) is 7.05. The van der Waals surface area contributed by atoms with E-state index in [-0.39, 0.29) is 31.5 Å². The molecule has 0 aliphatic carbocycles. The molecule has 13 nitrogen and oxygen atoms in total. The number of rotatable bonds is 6. The summed E-state index contributed by atoms with van der Waals surface area (Å²) in [6.07, 6.45) is -3.20. The van der Waals surface area contributed by atoms with Crippen LogP contribution in [0, 0.1) is 6.92 Å². The van der Waals surface area contributed by atoms with Gasteiger partial charge in [0, 0.05) is 35.7 Å². The number of aliphatic hydroxyl groups is 1. The molecular weight excluding hydrogens is 498 g/mol. The summed E-state index contributed by atoms with van der Waals surface area (Å²) in [7, 11) is 0. The number of anilines is 3. The molecule has 38 heavy (non-hydrogen) atoms. The van der Waals surface area contributed by atoms with Crippen molar-refractivity contribution in [1.29, 1.82) is 0 Å². The Balaban J connectivity index is 1.28. The summed E-state index contributed by atoms with van der Waals surface area (Å²) in [5.74, 6) is -2.02. The Hall–Kier alpha value is -4.33. The van der Waals surface area contributed by atoms with Gasteiger partial charge in [-0.3, -0.25) is 23.9 Å². The quantitative estimate of drug-likeness (QED) is 0.415. The number of aromatic amines is 1. The molecule has 5 rings (SSSR count). The van der Waals surface area contributed by atoms with Crippen molar-refractivity contribution in [3.8, 4) is 11.4 Å². The molecule has 2 aliphatic heterocycles. The molecule has 2 aliphatic rings. The Morgan fingerprint density at radius 3 is 2.58 bits per heavy atom. The number of nitrogens with one attached hydrogen (secondary N) is 2. The zero-order valence-corrected chi connectivity index (χ0v) is 20.4. The summed E-state index contributed by atoms with van der Waals surface area (Å²) in [5.41, 5.74) is 2.78. The second kappa shape index (κ2) is 10.6. The summed E-state index contributed by atoms with van der Waals surface area (Å²) in [6.45, 7) is 2.88. The number of morpholine rings is 2. The molecule has 3 aromatic rings. The van der Waals surface area contributed by atoms with E-state index in [4.69, 9.17) is 9.47 Å². The molecule has 13 heteroatoms. The number of hydrogen-bond donors (Lipinski definition) is 3. The molecule has 3 N–H and O–H groups in total. The predicted molar refractivity (Wildman–Crippen MR) is 134 cm³/mol. The van der Waals surface area contributed by atoms with Crippen LogP contribution >= 0.6 is 0 Å². The zero-order chi connectivity index (χ0) is 26.8. The van der Waals surface area contributed by atoms with Crippen LogP contribution in [0.4, 0.5) is 17.1 Å². The molecule has 3 amide bonds. The highest BCUT2D eigenvalue weighted by Gasteiger charge is 2.39. The van der Waals surface area contributed by atoms with Gasteiger partial charge in [-0.05, 0) is 48.9 Å². The first-order chi connectivity index (χ1) is 18.3. The topological polar surface area (TPSA) is 167 Å². The largest absolute Gasteiger partial charge is 0.439 e. The van der Waals surface area contributed by atoms with Crippen LogP contribution in [0.2, 0.25) is 0 Å². The van der Waals surface area contributed by atoms with Crippen molar-refractivity contribution in [2.24, 2.45) is 0 Å². The van der Waals surface area contributed by atoms with Gasteiger partial charge in [0.15, 0.2) is 18.0 Å². The molecule has 2 atom stereocenters. The van der Waals surface area contributed by atoms with E-state index in [1.807, 2.05) is 0 Å². The summed E-state index contributed by atoms with van der Waals surface area (Å²) >= 11 is 0. The van der Waals surface area contributed by atoms with Crippen molar-refractivity contribution < 1.29 is 33.5 Å². The van der Waals surface area contributed by atoms with Gasteiger partial charge < -0.3 is 29.7 Å². The summed E-state index contributed by atoms with van der Waals surface area (Å²) in [4.78, 5) is 55.0. The van der Waals surface area contributed by atoms with Gasteiger partial charge in [0.05, 0.1) is 13.2 Å². The van der Waals surface area contributed by atoms with Gasteiger partial charge in [-0.25, -0.2) is 4.79 Å². The number of benzene rings is 2. The van der Waals surface area contributed by atoms with E-state index in [0.717, 1.165) is 0 Å². The van der Waals surface area contributed by atoms with E-state index in [2.05, 4.69) is 20.0 Å². The average Bonchev–Trinajstić information content (AvgIpc) is 3.34. The average molecular weight is 524 g/mol. The molecule has 0 radical (unpaired) electrons. The fourth-order valence-corrected chi connectivity index (χ4v) is 4.42. The van der Waals surface area contributed by atoms with Gasteiger partial charge in [-0.1, -0.05) is 11.2 Å². The van der Waals surface area contributed by atoms with Crippen molar-refractivity contribution >= 4 is 34.8 Å². The third-order valence-electron chi connectivity index (χ3n) is 6.31. The predicted octanol–water partition coefficient (Wildman–Crippen LogP) is 0.433. The number of hydrogen-bond acceptors (Lipinski definition) is 9. The molecule has 0 unspecified atom stereocenters. The van der Waals surface area contributed by atoms with Crippen LogP contribution < -0.4 is 20.9 Å². The first-order valence-electron chi connectivity index (χ1n) is 11.9. The number of carbonyl (C=O) groups is 3. The van der Waals surface area contributed by atoms with Gasteiger partial charge in [0.25, 0.3) is 17.7 Å². The number of carbonyl (C=O) groups excluding carboxylic acids is 3. The molecular formula is C25H25N5O8. The minimum Gasteiger partial charge on any atom is -0.380 e. The first-order valence-corrected chi connectivity index (χ1v) is 11.9. The number of amides is 3. The van der Waals surface area contributed by atoms with E-state index in [1.54, 1.807) is 54.3 Å².